The number of aryl methyl sites for hydroxylation is 1. The number of aromatic nitrogens is 1. The number of likely N-dealkylation sites (N-methyl/N-ethyl adjacent to an activating group) is 1. The summed E-state index contributed by atoms with van der Waals surface area (Å²) in [5, 5.41) is 3.51. The van der Waals surface area contributed by atoms with Crippen molar-refractivity contribution < 1.29 is 0 Å². The minimum absolute atomic E-state index is 0.0682. The standard InChI is InChI=1S/C17H30N4/c1-5-17(3,21-9-7-6-8-10-21)15(19-4)14-11-13(2)12-20-16(14)18/h11-12,15,19H,5-10H2,1-4H3,(H2,18,20). The van der Waals surface area contributed by atoms with Crippen LogP contribution in [0.1, 0.15) is 56.7 Å². The molecule has 0 spiro atoms. The van der Waals surface area contributed by atoms with E-state index in [0.29, 0.717) is 5.82 Å². The summed E-state index contributed by atoms with van der Waals surface area (Å²) in [5.41, 5.74) is 8.54. The number of hydrogen-bond acceptors (Lipinski definition) is 4. The molecular weight excluding hydrogens is 260 g/mol. The van der Waals surface area contributed by atoms with Gasteiger partial charge in [0.1, 0.15) is 5.82 Å². The first-order valence-corrected chi connectivity index (χ1v) is 8.17. The zero-order valence-electron chi connectivity index (χ0n) is 13.9. The molecule has 2 heterocycles. The fraction of sp³-hybridized carbons (Fsp3) is 0.706. The Balaban J connectivity index is 2.38. The minimum atomic E-state index is 0.0682. The average molecular weight is 290 g/mol. The van der Waals surface area contributed by atoms with Crippen LogP contribution in [0.2, 0.25) is 0 Å². The van der Waals surface area contributed by atoms with Crippen molar-refractivity contribution in [2.24, 2.45) is 0 Å². The van der Waals surface area contributed by atoms with Crippen molar-refractivity contribution >= 4 is 5.82 Å². The number of rotatable bonds is 5. The third kappa shape index (κ3) is 3.22. The Morgan fingerprint density at radius 1 is 1.38 bits per heavy atom. The van der Waals surface area contributed by atoms with Crippen LogP contribution in [0.25, 0.3) is 0 Å². The number of piperidine rings is 1. The SMILES string of the molecule is CCC(C)(C(NC)c1cc(C)cnc1N)N1CCCCC1. The van der Waals surface area contributed by atoms with Crippen molar-refractivity contribution in [3.63, 3.8) is 0 Å². The van der Waals surface area contributed by atoms with Crippen LogP contribution < -0.4 is 11.1 Å². The molecule has 0 bridgehead atoms. The third-order valence-corrected chi connectivity index (χ3v) is 5.10. The van der Waals surface area contributed by atoms with Crippen LogP contribution >= 0.6 is 0 Å². The molecule has 1 aromatic heterocycles. The molecule has 2 atom stereocenters. The number of nitrogens with zero attached hydrogens (tertiary/aromatic N) is 2. The second-order valence-electron chi connectivity index (χ2n) is 6.47. The molecule has 1 aliphatic rings. The first-order chi connectivity index (χ1) is 10.0. The molecular formula is C17H30N4. The molecule has 1 saturated heterocycles. The van der Waals surface area contributed by atoms with Gasteiger partial charge in [0, 0.05) is 17.3 Å². The predicted molar refractivity (Wildman–Crippen MR) is 89.3 cm³/mol. The van der Waals surface area contributed by atoms with Crippen molar-refractivity contribution in [3.8, 4) is 0 Å². The van der Waals surface area contributed by atoms with E-state index in [-0.39, 0.29) is 11.6 Å². The number of anilines is 1. The van der Waals surface area contributed by atoms with Gasteiger partial charge in [-0.2, -0.15) is 0 Å². The average Bonchev–Trinajstić information content (AvgIpc) is 2.52. The lowest BCUT2D eigenvalue weighted by Gasteiger charge is -2.48. The van der Waals surface area contributed by atoms with Crippen LogP contribution in [0.5, 0.6) is 0 Å². The lowest BCUT2D eigenvalue weighted by molar-refractivity contribution is 0.0449. The number of nitrogens with two attached hydrogens (primary N) is 1. The summed E-state index contributed by atoms with van der Waals surface area (Å²) in [6.07, 6.45) is 6.89. The van der Waals surface area contributed by atoms with Gasteiger partial charge < -0.3 is 11.1 Å². The van der Waals surface area contributed by atoms with Crippen molar-refractivity contribution in [2.75, 3.05) is 25.9 Å². The van der Waals surface area contributed by atoms with Gasteiger partial charge in [-0.1, -0.05) is 13.3 Å². The fourth-order valence-corrected chi connectivity index (χ4v) is 3.65. The van der Waals surface area contributed by atoms with Crippen LogP contribution in [-0.4, -0.2) is 35.6 Å². The van der Waals surface area contributed by atoms with Crippen LogP contribution in [0.4, 0.5) is 5.82 Å². The lowest BCUT2D eigenvalue weighted by Crippen LogP contribution is -2.55. The highest BCUT2D eigenvalue weighted by atomic mass is 15.2. The molecule has 3 N–H and O–H groups in total. The molecule has 1 aromatic rings. The summed E-state index contributed by atoms with van der Waals surface area (Å²) >= 11 is 0. The molecule has 0 aliphatic carbocycles. The topological polar surface area (TPSA) is 54.2 Å². The van der Waals surface area contributed by atoms with Gasteiger partial charge in [0.25, 0.3) is 0 Å². The zero-order valence-corrected chi connectivity index (χ0v) is 13.9. The summed E-state index contributed by atoms with van der Waals surface area (Å²) in [4.78, 5) is 7.00. The highest BCUT2D eigenvalue weighted by Gasteiger charge is 2.39. The van der Waals surface area contributed by atoms with E-state index in [1.165, 1.54) is 32.4 Å². The molecule has 4 nitrogen and oxygen atoms in total. The van der Waals surface area contributed by atoms with Crippen molar-refractivity contribution in [3.05, 3.63) is 23.4 Å². The van der Waals surface area contributed by atoms with Crippen LogP contribution in [0, 0.1) is 6.92 Å². The molecule has 0 amide bonds. The Morgan fingerprint density at radius 3 is 2.62 bits per heavy atom. The normalized spacial score (nSPS) is 21.0. The van der Waals surface area contributed by atoms with Crippen molar-refractivity contribution in [1.82, 2.24) is 15.2 Å². The third-order valence-electron chi connectivity index (χ3n) is 5.10. The summed E-state index contributed by atoms with van der Waals surface area (Å²) in [5.74, 6) is 0.650. The quantitative estimate of drug-likeness (QED) is 0.875. The maximum absolute atomic E-state index is 6.18. The Kier molecular flexibility index (Phi) is 5.22. The molecule has 0 saturated carbocycles. The minimum Gasteiger partial charge on any atom is -0.383 e. The van der Waals surface area contributed by atoms with Crippen LogP contribution in [0.3, 0.4) is 0 Å². The maximum atomic E-state index is 6.18. The van der Waals surface area contributed by atoms with E-state index in [1.807, 2.05) is 13.2 Å². The van der Waals surface area contributed by atoms with Crippen LogP contribution in [-0.2, 0) is 0 Å². The van der Waals surface area contributed by atoms with Gasteiger partial charge in [-0.25, -0.2) is 4.98 Å². The van der Waals surface area contributed by atoms with E-state index in [1.54, 1.807) is 0 Å². The first-order valence-electron chi connectivity index (χ1n) is 8.17. The second kappa shape index (κ2) is 6.75. The maximum Gasteiger partial charge on any atom is 0.128 e. The summed E-state index contributed by atoms with van der Waals surface area (Å²) in [6, 6.07) is 2.38. The highest BCUT2D eigenvalue weighted by Crippen LogP contribution is 2.37. The zero-order chi connectivity index (χ0) is 15.5. The molecule has 1 aliphatic heterocycles. The predicted octanol–water partition coefficient (Wildman–Crippen LogP) is 2.89. The van der Waals surface area contributed by atoms with E-state index in [9.17, 15) is 0 Å². The first kappa shape index (κ1) is 16.2. The van der Waals surface area contributed by atoms with Gasteiger partial charge in [0.05, 0.1) is 6.04 Å². The number of likely N-dealkylation sites (tertiary alicyclic amines) is 1. The molecule has 2 rings (SSSR count). The molecule has 21 heavy (non-hydrogen) atoms. The van der Waals surface area contributed by atoms with Gasteiger partial charge in [-0.15, -0.1) is 0 Å². The van der Waals surface area contributed by atoms with Crippen molar-refractivity contribution in [1.29, 1.82) is 0 Å². The molecule has 0 radical (unpaired) electrons. The van der Waals surface area contributed by atoms with Gasteiger partial charge in [-0.3, -0.25) is 4.90 Å². The van der Waals surface area contributed by atoms with Gasteiger partial charge in [0.15, 0.2) is 0 Å². The van der Waals surface area contributed by atoms with E-state index < -0.39 is 0 Å². The van der Waals surface area contributed by atoms with Gasteiger partial charge in [-0.05, 0) is 64.9 Å². The van der Waals surface area contributed by atoms with Gasteiger partial charge >= 0.3 is 0 Å². The number of hydrogen-bond donors (Lipinski definition) is 2. The van der Waals surface area contributed by atoms with E-state index in [4.69, 9.17) is 5.73 Å². The van der Waals surface area contributed by atoms with E-state index >= 15 is 0 Å². The Morgan fingerprint density at radius 2 is 2.05 bits per heavy atom. The monoisotopic (exact) mass is 290 g/mol. The molecule has 0 aromatic carbocycles. The Labute approximate surface area is 129 Å². The van der Waals surface area contributed by atoms with E-state index in [2.05, 4.69) is 42.0 Å². The fourth-order valence-electron chi connectivity index (χ4n) is 3.65. The second-order valence-corrected chi connectivity index (χ2v) is 6.47. The summed E-state index contributed by atoms with van der Waals surface area (Å²) < 4.78 is 0. The molecule has 118 valence electrons. The Bertz CT molecular complexity index is 468. The largest absolute Gasteiger partial charge is 0.383 e. The summed E-state index contributed by atoms with van der Waals surface area (Å²) in [7, 11) is 2.03. The molecule has 4 heteroatoms. The van der Waals surface area contributed by atoms with Crippen LogP contribution in [0.15, 0.2) is 12.3 Å². The molecule has 1 fully saturated rings. The smallest absolute Gasteiger partial charge is 0.128 e. The van der Waals surface area contributed by atoms with Gasteiger partial charge in [0.2, 0.25) is 0 Å². The number of nitrogen functional groups attached to an aromatic ring is 1. The lowest BCUT2D eigenvalue weighted by atomic mass is 9.81. The highest BCUT2D eigenvalue weighted by molar-refractivity contribution is 5.44. The Hall–Kier alpha value is -1.13. The number of pyridine rings is 1. The van der Waals surface area contributed by atoms with Crippen molar-refractivity contribution in [2.45, 2.75) is 58.0 Å². The molecule has 2 unspecified atom stereocenters. The summed E-state index contributed by atoms with van der Waals surface area (Å²) in [6.45, 7) is 9.08. The van der Waals surface area contributed by atoms with E-state index in [0.717, 1.165) is 17.5 Å². The number of nitrogens with one attached hydrogen (secondary N) is 1.